The summed E-state index contributed by atoms with van der Waals surface area (Å²) >= 11 is 0. The fraction of sp³-hybridized carbons (Fsp3) is 0.500. The Morgan fingerprint density at radius 3 is 2.83 bits per heavy atom. The van der Waals surface area contributed by atoms with E-state index < -0.39 is 0 Å². The highest BCUT2D eigenvalue weighted by atomic mass is 16.1. The molecule has 0 aliphatic heterocycles. The molecule has 4 N–H and O–H groups in total. The lowest BCUT2D eigenvalue weighted by atomic mass is 10.1. The molecule has 2 rings (SSSR count). The average Bonchev–Trinajstić information content (AvgIpc) is 3.15. The number of amides is 1. The van der Waals surface area contributed by atoms with Crippen LogP contribution in [0.3, 0.4) is 0 Å². The van der Waals surface area contributed by atoms with E-state index in [2.05, 4.69) is 10.6 Å². The van der Waals surface area contributed by atoms with E-state index in [1.807, 2.05) is 13.0 Å². The Labute approximate surface area is 108 Å². The lowest BCUT2D eigenvalue weighted by Gasteiger charge is -2.10. The van der Waals surface area contributed by atoms with E-state index in [0.29, 0.717) is 17.8 Å². The maximum atomic E-state index is 11.6. The summed E-state index contributed by atoms with van der Waals surface area (Å²) in [6.45, 7) is 3.48. The first-order valence-corrected chi connectivity index (χ1v) is 6.62. The molecule has 0 bridgehead atoms. The van der Waals surface area contributed by atoms with Crippen LogP contribution in [-0.2, 0) is 0 Å². The number of hydrogen-bond donors (Lipinski definition) is 3. The maximum absolute atomic E-state index is 11.6. The molecule has 1 aromatic carbocycles. The fourth-order valence-corrected chi connectivity index (χ4v) is 1.95. The number of nitrogen functional groups attached to an aromatic ring is 1. The van der Waals surface area contributed by atoms with Crippen LogP contribution < -0.4 is 16.4 Å². The normalized spacial score (nSPS) is 14.3. The van der Waals surface area contributed by atoms with Crippen molar-refractivity contribution in [3.8, 4) is 0 Å². The lowest BCUT2D eigenvalue weighted by molar-refractivity contribution is 0.0956. The van der Waals surface area contributed by atoms with Gasteiger partial charge in [0, 0.05) is 18.7 Å². The van der Waals surface area contributed by atoms with Gasteiger partial charge in [-0.3, -0.25) is 4.79 Å². The SMILES string of the molecule is CCNC(=O)c1ccc(NCCC2CC2)c(N)c1. The van der Waals surface area contributed by atoms with Crippen molar-refractivity contribution in [3.63, 3.8) is 0 Å². The molecule has 4 heteroatoms. The van der Waals surface area contributed by atoms with Crippen molar-refractivity contribution in [2.75, 3.05) is 24.1 Å². The highest BCUT2D eigenvalue weighted by molar-refractivity contribution is 5.96. The number of rotatable bonds is 6. The number of anilines is 2. The summed E-state index contributed by atoms with van der Waals surface area (Å²) in [5.74, 6) is 0.835. The van der Waals surface area contributed by atoms with Gasteiger partial charge in [-0.2, -0.15) is 0 Å². The minimum atomic E-state index is -0.0752. The summed E-state index contributed by atoms with van der Waals surface area (Å²) in [6, 6.07) is 5.41. The molecule has 4 nitrogen and oxygen atoms in total. The molecule has 1 fully saturated rings. The molecule has 0 spiro atoms. The number of nitrogens with two attached hydrogens (primary N) is 1. The molecule has 0 heterocycles. The van der Waals surface area contributed by atoms with E-state index in [-0.39, 0.29) is 5.91 Å². The molecule has 0 atom stereocenters. The van der Waals surface area contributed by atoms with Crippen LogP contribution >= 0.6 is 0 Å². The Balaban J connectivity index is 1.93. The maximum Gasteiger partial charge on any atom is 0.251 e. The van der Waals surface area contributed by atoms with Gasteiger partial charge in [-0.05, 0) is 37.5 Å². The number of carbonyl (C=O) groups excluding carboxylic acids is 1. The van der Waals surface area contributed by atoms with Crippen LogP contribution in [0.5, 0.6) is 0 Å². The largest absolute Gasteiger partial charge is 0.397 e. The van der Waals surface area contributed by atoms with Gasteiger partial charge in [-0.15, -0.1) is 0 Å². The van der Waals surface area contributed by atoms with E-state index in [4.69, 9.17) is 5.73 Å². The van der Waals surface area contributed by atoms with Gasteiger partial charge in [0.1, 0.15) is 0 Å². The van der Waals surface area contributed by atoms with Crippen molar-refractivity contribution >= 4 is 17.3 Å². The molecule has 0 radical (unpaired) electrons. The summed E-state index contributed by atoms with van der Waals surface area (Å²) in [5.41, 5.74) is 8.11. The average molecular weight is 247 g/mol. The van der Waals surface area contributed by atoms with Crippen molar-refractivity contribution < 1.29 is 4.79 Å². The summed E-state index contributed by atoms with van der Waals surface area (Å²) in [7, 11) is 0. The van der Waals surface area contributed by atoms with Gasteiger partial charge in [0.15, 0.2) is 0 Å². The van der Waals surface area contributed by atoms with E-state index in [9.17, 15) is 4.79 Å². The van der Waals surface area contributed by atoms with Crippen LogP contribution in [-0.4, -0.2) is 19.0 Å². The highest BCUT2D eigenvalue weighted by Crippen LogP contribution is 2.32. The molecular formula is C14H21N3O. The third-order valence-electron chi connectivity index (χ3n) is 3.22. The monoisotopic (exact) mass is 247 g/mol. The van der Waals surface area contributed by atoms with E-state index in [1.165, 1.54) is 19.3 Å². The zero-order valence-corrected chi connectivity index (χ0v) is 10.8. The molecular weight excluding hydrogens is 226 g/mol. The van der Waals surface area contributed by atoms with Gasteiger partial charge < -0.3 is 16.4 Å². The Morgan fingerprint density at radius 1 is 1.44 bits per heavy atom. The molecule has 98 valence electrons. The second-order valence-electron chi connectivity index (χ2n) is 4.82. The Hall–Kier alpha value is -1.71. The van der Waals surface area contributed by atoms with Crippen LogP contribution in [0.2, 0.25) is 0 Å². The van der Waals surface area contributed by atoms with Crippen molar-refractivity contribution in [1.29, 1.82) is 0 Å². The quantitative estimate of drug-likeness (QED) is 0.675. The highest BCUT2D eigenvalue weighted by Gasteiger charge is 2.20. The van der Waals surface area contributed by atoms with Gasteiger partial charge in [0.2, 0.25) is 0 Å². The molecule has 1 aliphatic carbocycles. The van der Waals surface area contributed by atoms with E-state index in [1.54, 1.807) is 12.1 Å². The van der Waals surface area contributed by atoms with Crippen molar-refractivity contribution in [3.05, 3.63) is 23.8 Å². The predicted octanol–water partition coefficient (Wildman–Crippen LogP) is 2.23. The Morgan fingerprint density at radius 2 is 2.22 bits per heavy atom. The van der Waals surface area contributed by atoms with Crippen LogP contribution in [0.25, 0.3) is 0 Å². The topological polar surface area (TPSA) is 67.2 Å². The van der Waals surface area contributed by atoms with Crippen LogP contribution in [0, 0.1) is 5.92 Å². The van der Waals surface area contributed by atoms with Crippen molar-refractivity contribution in [2.45, 2.75) is 26.2 Å². The second kappa shape index (κ2) is 5.76. The van der Waals surface area contributed by atoms with Gasteiger partial charge >= 0.3 is 0 Å². The Bertz CT molecular complexity index is 427. The van der Waals surface area contributed by atoms with Crippen LogP contribution in [0.4, 0.5) is 11.4 Å². The Kier molecular flexibility index (Phi) is 4.07. The van der Waals surface area contributed by atoms with Crippen LogP contribution in [0.1, 0.15) is 36.5 Å². The van der Waals surface area contributed by atoms with Gasteiger partial charge in [0.25, 0.3) is 5.91 Å². The number of carbonyl (C=O) groups is 1. The van der Waals surface area contributed by atoms with Crippen LogP contribution in [0.15, 0.2) is 18.2 Å². The number of hydrogen-bond acceptors (Lipinski definition) is 3. The molecule has 1 aliphatic rings. The van der Waals surface area contributed by atoms with Gasteiger partial charge in [-0.1, -0.05) is 12.8 Å². The fourth-order valence-electron chi connectivity index (χ4n) is 1.95. The zero-order valence-electron chi connectivity index (χ0n) is 10.8. The minimum Gasteiger partial charge on any atom is -0.397 e. The molecule has 1 saturated carbocycles. The zero-order chi connectivity index (χ0) is 13.0. The first-order valence-electron chi connectivity index (χ1n) is 6.62. The summed E-state index contributed by atoms with van der Waals surface area (Å²) in [6.07, 6.45) is 3.94. The molecule has 1 amide bonds. The third kappa shape index (κ3) is 3.39. The summed E-state index contributed by atoms with van der Waals surface area (Å²) in [4.78, 5) is 11.6. The van der Waals surface area contributed by atoms with Crippen molar-refractivity contribution in [2.24, 2.45) is 5.92 Å². The number of nitrogens with one attached hydrogen (secondary N) is 2. The summed E-state index contributed by atoms with van der Waals surface area (Å²) in [5, 5.41) is 6.09. The third-order valence-corrected chi connectivity index (χ3v) is 3.22. The predicted molar refractivity (Wildman–Crippen MR) is 74.7 cm³/mol. The summed E-state index contributed by atoms with van der Waals surface area (Å²) < 4.78 is 0. The number of benzene rings is 1. The molecule has 0 unspecified atom stereocenters. The molecule has 18 heavy (non-hydrogen) atoms. The molecule has 0 aromatic heterocycles. The minimum absolute atomic E-state index is 0.0752. The second-order valence-corrected chi connectivity index (χ2v) is 4.82. The molecule has 0 saturated heterocycles. The standard InChI is InChI=1S/C14H21N3O/c1-2-16-14(18)11-5-6-13(12(15)9-11)17-8-7-10-3-4-10/h5-6,9-10,17H,2-4,7-8,15H2,1H3,(H,16,18). The van der Waals surface area contributed by atoms with Crippen molar-refractivity contribution in [1.82, 2.24) is 5.32 Å². The lowest BCUT2D eigenvalue weighted by Crippen LogP contribution is -2.22. The van der Waals surface area contributed by atoms with Gasteiger partial charge in [0.05, 0.1) is 11.4 Å². The first-order chi connectivity index (χ1) is 8.70. The van der Waals surface area contributed by atoms with E-state index >= 15 is 0 Å². The van der Waals surface area contributed by atoms with Gasteiger partial charge in [-0.25, -0.2) is 0 Å². The van der Waals surface area contributed by atoms with E-state index in [0.717, 1.165) is 18.2 Å². The molecule has 1 aromatic rings. The first kappa shape index (κ1) is 12.7. The smallest absolute Gasteiger partial charge is 0.251 e.